The highest BCUT2D eigenvalue weighted by molar-refractivity contribution is 7.91. The third kappa shape index (κ3) is 5.16. The summed E-state index contributed by atoms with van der Waals surface area (Å²) in [4.78, 5) is 31.1. The highest BCUT2D eigenvalue weighted by Crippen LogP contribution is 2.43. The van der Waals surface area contributed by atoms with Gasteiger partial charge in [0.1, 0.15) is 10.7 Å². The molecule has 5 rings (SSSR count). The lowest BCUT2D eigenvalue weighted by molar-refractivity contribution is -0.173. The van der Waals surface area contributed by atoms with Crippen molar-refractivity contribution < 1.29 is 27.8 Å². The van der Waals surface area contributed by atoms with Crippen molar-refractivity contribution in [3.05, 3.63) is 35.4 Å². The van der Waals surface area contributed by atoms with Crippen LogP contribution >= 0.6 is 11.3 Å². The number of fused-ring (bicyclic) bond motifs is 1. The summed E-state index contributed by atoms with van der Waals surface area (Å²) >= 11 is 1.49. The molecule has 0 spiro atoms. The van der Waals surface area contributed by atoms with E-state index in [-0.39, 0.29) is 42.7 Å². The number of carboxylic acid groups (broad SMARTS) is 1. The van der Waals surface area contributed by atoms with Crippen LogP contribution in [0.2, 0.25) is 0 Å². The summed E-state index contributed by atoms with van der Waals surface area (Å²) in [6.45, 7) is 2.36. The van der Waals surface area contributed by atoms with Crippen molar-refractivity contribution >= 4 is 38.6 Å². The van der Waals surface area contributed by atoms with E-state index in [1.54, 1.807) is 24.8 Å². The number of anilines is 1. The summed E-state index contributed by atoms with van der Waals surface area (Å²) in [6, 6.07) is 0. The standard InChI is InChI=1S/C25H29N7O6S2/c1-14-10-29-23(39-14)21-27-11-16(12-28-21)17-13-30-32-20(26)19(40(3,35)36)18(31-22(17)32)15-4-6-25(7-5-15,24(33)34)38-9-8-37-2/h10-13,15H,4-9,26H2,1-3H3,(H,33,34). The molecule has 1 aliphatic carbocycles. The molecule has 15 heteroatoms. The SMILES string of the molecule is COCCOC1(C(=O)O)CCC(c2nc3c(-c4cnc(-c5ncc(C)s5)nc4)cnn3c(N)c2S(C)(=O)=O)CC1. The van der Waals surface area contributed by atoms with Gasteiger partial charge in [0.2, 0.25) is 0 Å². The number of ether oxygens (including phenoxy) is 2. The van der Waals surface area contributed by atoms with Gasteiger partial charge in [-0.1, -0.05) is 0 Å². The Bertz CT molecular complexity index is 1660. The molecule has 4 heterocycles. The molecule has 0 bridgehead atoms. The first-order chi connectivity index (χ1) is 19.0. The van der Waals surface area contributed by atoms with Gasteiger partial charge in [-0.15, -0.1) is 11.3 Å². The minimum atomic E-state index is -3.80. The summed E-state index contributed by atoms with van der Waals surface area (Å²) < 4.78 is 37.8. The van der Waals surface area contributed by atoms with Crippen LogP contribution in [0.5, 0.6) is 0 Å². The highest BCUT2D eigenvalue weighted by Gasteiger charge is 2.44. The lowest BCUT2D eigenvalue weighted by atomic mass is 9.77. The van der Waals surface area contributed by atoms with E-state index in [4.69, 9.17) is 20.2 Å². The van der Waals surface area contributed by atoms with Crippen LogP contribution in [-0.4, -0.2) is 81.2 Å². The summed E-state index contributed by atoms with van der Waals surface area (Å²) in [6.07, 6.45) is 8.71. The number of nitrogen functional groups attached to an aromatic ring is 1. The molecule has 0 aliphatic heterocycles. The number of sulfone groups is 1. The molecular formula is C25H29N7O6S2. The number of carboxylic acids is 1. The van der Waals surface area contributed by atoms with Crippen LogP contribution in [0.25, 0.3) is 27.6 Å². The Hall–Kier alpha value is -3.53. The van der Waals surface area contributed by atoms with Crippen LogP contribution in [-0.2, 0) is 24.1 Å². The first-order valence-electron chi connectivity index (χ1n) is 12.5. The van der Waals surface area contributed by atoms with E-state index >= 15 is 0 Å². The van der Waals surface area contributed by atoms with E-state index in [1.165, 1.54) is 23.0 Å². The molecule has 4 aromatic heterocycles. The van der Waals surface area contributed by atoms with Gasteiger partial charge in [-0.25, -0.2) is 33.1 Å². The normalized spacial score (nSPS) is 19.7. The molecule has 4 aromatic rings. The number of rotatable bonds is 9. The lowest BCUT2D eigenvalue weighted by Gasteiger charge is -2.36. The summed E-state index contributed by atoms with van der Waals surface area (Å²) in [5.41, 5.74) is 6.88. The summed E-state index contributed by atoms with van der Waals surface area (Å²) in [7, 11) is -2.29. The van der Waals surface area contributed by atoms with E-state index in [2.05, 4.69) is 20.1 Å². The predicted molar refractivity (Wildman–Crippen MR) is 147 cm³/mol. The van der Waals surface area contributed by atoms with Gasteiger partial charge in [0.15, 0.2) is 31.9 Å². The van der Waals surface area contributed by atoms with E-state index < -0.39 is 21.4 Å². The average Bonchev–Trinajstić information content (AvgIpc) is 3.55. The molecule has 0 amide bonds. The topological polar surface area (TPSA) is 185 Å². The number of carbonyl (C=O) groups is 1. The van der Waals surface area contributed by atoms with Crippen LogP contribution in [0.15, 0.2) is 29.7 Å². The molecule has 3 N–H and O–H groups in total. The van der Waals surface area contributed by atoms with E-state index in [0.717, 1.165) is 11.1 Å². The van der Waals surface area contributed by atoms with Crippen LogP contribution in [0, 0.1) is 6.92 Å². The number of hydrogen-bond donors (Lipinski definition) is 2. The minimum Gasteiger partial charge on any atom is -0.479 e. The zero-order chi connectivity index (χ0) is 28.7. The molecule has 1 fully saturated rings. The van der Waals surface area contributed by atoms with E-state index in [1.807, 2.05) is 6.92 Å². The van der Waals surface area contributed by atoms with Crippen LogP contribution in [0.4, 0.5) is 5.82 Å². The maximum absolute atomic E-state index is 12.9. The maximum Gasteiger partial charge on any atom is 0.335 e. The fraction of sp³-hybridized carbons (Fsp3) is 0.440. The second-order valence-corrected chi connectivity index (χ2v) is 13.0. The van der Waals surface area contributed by atoms with Crippen molar-refractivity contribution in [3.63, 3.8) is 0 Å². The van der Waals surface area contributed by atoms with Gasteiger partial charge < -0.3 is 20.3 Å². The van der Waals surface area contributed by atoms with Gasteiger partial charge in [0.05, 0.1) is 25.1 Å². The number of nitrogens with two attached hydrogens (primary N) is 1. The Morgan fingerprint density at radius 3 is 2.45 bits per heavy atom. The van der Waals surface area contributed by atoms with Gasteiger partial charge in [0, 0.05) is 53.9 Å². The Morgan fingerprint density at radius 1 is 1.18 bits per heavy atom. The average molecular weight is 588 g/mol. The highest BCUT2D eigenvalue weighted by atomic mass is 32.2. The number of nitrogens with zero attached hydrogens (tertiary/aromatic N) is 6. The molecule has 0 aromatic carbocycles. The van der Waals surface area contributed by atoms with Crippen molar-refractivity contribution in [2.24, 2.45) is 0 Å². The largest absolute Gasteiger partial charge is 0.479 e. The maximum atomic E-state index is 12.9. The summed E-state index contributed by atoms with van der Waals surface area (Å²) in [5, 5.41) is 14.9. The van der Waals surface area contributed by atoms with Crippen LogP contribution < -0.4 is 5.73 Å². The second kappa shape index (κ2) is 10.8. The molecule has 0 saturated heterocycles. The molecule has 0 radical (unpaired) electrons. The minimum absolute atomic E-state index is 0.0593. The number of aromatic nitrogens is 6. The number of aliphatic carboxylic acids is 1. The van der Waals surface area contributed by atoms with Crippen molar-refractivity contribution in [3.8, 4) is 22.0 Å². The molecule has 13 nitrogen and oxygen atoms in total. The van der Waals surface area contributed by atoms with Crippen LogP contribution in [0.1, 0.15) is 42.2 Å². The molecule has 1 aliphatic rings. The number of aryl methyl sites for hydroxylation is 1. The number of hydrogen-bond acceptors (Lipinski definition) is 12. The fourth-order valence-corrected chi connectivity index (χ4v) is 6.78. The predicted octanol–water partition coefficient (Wildman–Crippen LogP) is 2.75. The monoisotopic (exact) mass is 587 g/mol. The first-order valence-corrected chi connectivity index (χ1v) is 15.2. The molecular weight excluding hydrogens is 558 g/mol. The van der Waals surface area contributed by atoms with Crippen molar-refractivity contribution in [1.82, 2.24) is 29.5 Å². The number of thiazole rings is 1. The third-order valence-corrected chi connectivity index (χ3v) is 9.11. The third-order valence-electron chi connectivity index (χ3n) is 7.05. The first kappa shape index (κ1) is 28.0. The molecule has 212 valence electrons. The molecule has 1 saturated carbocycles. The Morgan fingerprint density at radius 2 is 1.88 bits per heavy atom. The Labute approximate surface area is 234 Å². The zero-order valence-corrected chi connectivity index (χ0v) is 23.8. The quantitative estimate of drug-likeness (QED) is 0.273. The van der Waals surface area contributed by atoms with Gasteiger partial charge in [-0.05, 0) is 32.6 Å². The smallest absolute Gasteiger partial charge is 0.335 e. The van der Waals surface area contributed by atoms with Gasteiger partial charge in [0.25, 0.3) is 0 Å². The van der Waals surface area contributed by atoms with Gasteiger partial charge in [-0.2, -0.15) is 9.61 Å². The van der Waals surface area contributed by atoms with Gasteiger partial charge >= 0.3 is 5.97 Å². The lowest BCUT2D eigenvalue weighted by Crippen LogP contribution is -2.45. The van der Waals surface area contributed by atoms with Crippen molar-refractivity contribution in [2.75, 3.05) is 32.3 Å². The molecule has 40 heavy (non-hydrogen) atoms. The van der Waals surface area contributed by atoms with Crippen molar-refractivity contribution in [2.45, 2.75) is 49.0 Å². The van der Waals surface area contributed by atoms with E-state index in [9.17, 15) is 18.3 Å². The molecule has 0 atom stereocenters. The number of methoxy groups -OCH3 is 1. The molecule has 0 unspecified atom stereocenters. The zero-order valence-electron chi connectivity index (χ0n) is 22.2. The fourth-order valence-electron chi connectivity index (χ4n) is 5.01. The van der Waals surface area contributed by atoms with E-state index in [0.29, 0.717) is 46.1 Å². The van der Waals surface area contributed by atoms with Gasteiger partial charge in [-0.3, -0.25) is 0 Å². The van der Waals surface area contributed by atoms with Crippen molar-refractivity contribution in [1.29, 1.82) is 0 Å². The Balaban J connectivity index is 1.53. The Kier molecular flexibility index (Phi) is 7.56. The summed E-state index contributed by atoms with van der Waals surface area (Å²) in [5.74, 6) is -0.980. The van der Waals surface area contributed by atoms with Crippen LogP contribution in [0.3, 0.4) is 0 Å². The second-order valence-electron chi connectivity index (χ2n) is 9.76.